The first kappa shape index (κ1) is 11.8. The van der Waals surface area contributed by atoms with Crippen LogP contribution in [0.2, 0.25) is 0 Å². The number of alkyl halides is 3. The molecule has 1 saturated carbocycles. The molecule has 0 aliphatic heterocycles. The molecule has 0 spiro atoms. The summed E-state index contributed by atoms with van der Waals surface area (Å²) < 4.78 is 36.2. The topological polar surface area (TPSA) is 26.0 Å². The molecule has 0 radical (unpaired) electrons. The van der Waals surface area contributed by atoms with Crippen LogP contribution in [-0.4, -0.2) is 12.2 Å². The minimum Gasteiger partial charge on any atom is -0.327 e. The minimum atomic E-state index is -4.11. The fraction of sp³-hybridized carbons (Fsp3) is 1.00. The van der Waals surface area contributed by atoms with Gasteiger partial charge in [0.1, 0.15) is 0 Å². The Morgan fingerprint density at radius 2 is 1.57 bits per heavy atom. The highest BCUT2D eigenvalue weighted by Gasteiger charge is 2.33. The molecule has 0 unspecified atom stereocenters. The Labute approximate surface area is 82.9 Å². The molecule has 1 nitrogen and oxygen atoms in total. The largest absolute Gasteiger partial charge is 0.390 e. The van der Waals surface area contributed by atoms with Crippen molar-refractivity contribution in [3.05, 3.63) is 0 Å². The van der Waals surface area contributed by atoms with Gasteiger partial charge in [-0.15, -0.1) is 0 Å². The van der Waals surface area contributed by atoms with Gasteiger partial charge in [0, 0.05) is 6.04 Å². The summed E-state index contributed by atoms with van der Waals surface area (Å²) in [5.74, 6) is 0.0825. The summed E-state index contributed by atoms with van der Waals surface area (Å²) in [6, 6.07) is -0.687. The summed E-state index contributed by atoms with van der Waals surface area (Å²) in [6.45, 7) is 0. The molecule has 1 aliphatic carbocycles. The van der Waals surface area contributed by atoms with Crippen LogP contribution in [0.5, 0.6) is 0 Å². The lowest BCUT2D eigenvalue weighted by Crippen LogP contribution is -2.34. The van der Waals surface area contributed by atoms with Gasteiger partial charge in [0.15, 0.2) is 0 Å². The quantitative estimate of drug-likeness (QED) is 0.694. The molecule has 14 heavy (non-hydrogen) atoms. The van der Waals surface area contributed by atoms with Gasteiger partial charge in [0.2, 0.25) is 0 Å². The van der Waals surface area contributed by atoms with E-state index in [9.17, 15) is 13.2 Å². The van der Waals surface area contributed by atoms with Crippen LogP contribution in [0.15, 0.2) is 0 Å². The maximum Gasteiger partial charge on any atom is 0.390 e. The SMILES string of the molecule is N[C@H](CC(F)(F)F)C1CCCCCC1. The highest BCUT2D eigenvalue weighted by Crippen LogP contribution is 2.30. The van der Waals surface area contributed by atoms with Crippen molar-refractivity contribution in [3.8, 4) is 0 Å². The van der Waals surface area contributed by atoms with Crippen molar-refractivity contribution in [2.75, 3.05) is 0 Å². The second kappa shape index (κ2) is 5.01. The van der Waals surface area contributed by atoms with Crippen LogP contribution >= 0.6 is 0 Å². The average molecular weight is 209 g/mol. The average Bonchev–Trinajstić information content (AvgIpc) is 2.27. The summed E-state index contributed by atoms with van der Waals surface area (Å²) in [5.41, 5.74) is 5.58. The number of halogens is 3. The van der Waals surface area contributed by atoms with E-state index in [0.29, 0.717) is 0 Å². The first-order chi connectivity index (χ1) is 6.49. The standard InChI is InChI=1S/C10H18F3N/c11-10(12,13)7-9(14)8-5-3-1-2-4-6-8/h8-9H,1-7,14H2/t9-/m1/s1. The summed E-state index contributed by atoms with van der Waals surface area (Å²) in [7, 11) is 0. The van der Waals surface area contributed by atoms with Gasteiger partial charge in [0.05, 0.1) is 6.42 Å². The van der Waals surface area contributed by atoms with Crippen molar-refractivity contribution in [2.24, 2.45) is 11.7 Å². The van der Waals surface area contributed by atoms with Gasteiger partial charge in [-0.1, -0.05) is 25.7 Å². The Morgan fingerprint density at radius 3 is 2.00 bits per heavy atom. The monoisotopic (exact) mass is 209 g/mol. The molecule has 1 aliphatic rings. The number of nitrogens with two attached hydrogens (primary N) is 1. The second-order valence-electron chi connectivity index (χ2n) is 4.23. The van der Waals surface area contributed by atoms with Crippen molar-refractivity contribution in [3.63, 3.8) is 0 Å². The maximum atomic E-state index is 12.1. The Balaban J connectivity index is 2.37. The van der Waals surface area contributed by atoms with E-state index in [0.717, 1.165) is 38.5 Å². The lowest BCUT2D eigenvalue weighted by molar-refractivity contribution is -0.141. The van der Waals surface area contributed by atoms with Crippen LogP contribution in [0.3, 0.4) is 0 Å². The number of hydrogen-bond donors (Lipinski definition) is 1. The van der Waals surface area contributed by atoms with E-state index in [1.54, 1.807) is 0 Å². The van der Waals surface area contributed by atoms with Crippen molar-refractivity contribution in [1.29, 1.82) is 0 Å². The van der Waals surface area contributed by atoms with E-state index < -0.39 is 18.6 Å². The van der Waals surface area contributed by atoms with Crippen LogP contribution in [-0.2, 0) is 0 Å². The van der Waals surface area contributed by atoms with Crippen molar-refractivity contribution < 1.29 is 13.2 Å². The van der Waals surface area contributed by atoms with Crippen LogP contribution in [0, 0.1) is 5.92 Å². The fourth-order valence-electron chi connectivity index (χ4n) is 2.17. The van der Waals surface area contributed by atoms with Gasteiger partial charge in [-0.2, -0.15) is 13.2 Å². The highest BCUT2D eigenvalue weighted by atomic mass is 19.4. The molecule has 4 heteroatoms. The molecular weight excluding hydrogens is 191 g/mol. The lowest BCUT2D eigenvalue weighted by Gasteiger charge is -2.23. The van der Waals surface area contributed by atoms with Gasteiger partial charge in [0.25, 0.3) is 0 Å². The molecule has 0 heterocycles. The molecule has 0 aromatic rings. The third-order valence-electron chi connectivity index (χ3n) is 2.97. The van der Waals surface area contributed by atoms with Gasteiger partial charge in [-0.25, -0.2) is 0 Å². The van der Waals surface area contributed by atoms with E-state index in [-0.39, 0.29) is 5.92 Å². The summed E-state index contributed by atoms with van der Waals surface area (Å²) in [4.78, 5) is 0. The third-order valence-corrected chi connectivity index (χ3v) is 2.97. The molecule has 0 saturated heterocycles. The summed E-state index contributed by atoms with van der Waals surface area (Å²) >= 11 is 0. The highest BCUT2D eigenvalue weighted by molar-refractivity contribution is 4.77. The van der Waals surface area contributed by atoms with E-state index in [1.165, 1.54) is 0 Å². The van der Waals surface area contributed by atoms with Crippen molar-refractivity contribution in [1.82, 2.24) is 0 Å². The molecule has 0 aromatic heterocycles. The fourth-order valence-corrected chi connectivity index (χ4v) is 2.17. The molecule has 84 valence electrons. The lowest BCUT2D eigenvalue weighted by atomic mass is 9.90. The molecule has 1 atom stereocenters. The van der Waals surface area contributed by atoms with Crippen molar-refractivity contribution in [2.45, 2.75) is 57.2 Å². The molecule has 0 aromatic carbocycles. The van der Waals surface area contributed by atoms with Crippen LogP contribution in [0.4, 0.5) is 13.2 Å². The zero-order valence-electron chi connectivity index (χ0n) is 8.32. The van der Waals surface area contributed by atoms with E-state index in [2.05, 4.69) is 0 Å². The van der Waals surface area contributed by atoms with E-state index in [1.807, 2.05) is 0 Å². The van der Waals surface area contributed by atoms with Crippen LogP contribution < -0.4 is 5.73 Å². The predicted molar refractivity (Wildman–Crippen MR) is 49.8 cm³/mol. The normalized spacial score (nSPS) is 23.1. The van der Waals surface area contributed by atoms with Gasteiger partial charge >= 0.3 is 6.18 Å². The van der Waals surface area contributed by atoms with Gasteiger partial charge in [-0.05, 0) is 18.8 Å². The number of hydrogen-bond acceptors (Lipinski definition) is 1. The Kier molecular flexibility index (Phi) is 4.23. The maximum absolute atomic E-state index is 12.1. The third kappa shape index (κ3) is 4.31. The van der Waals surface area contributed by atoms with E-state index in [4.69, 9.17) is 5.73 Å². The summed E-state index contributed by atoms with van der Waals surface area (Å²) in [6.07, 6.45) is 1.19. The molecule has 2 N–H and O–H groups in total. The second-order valence-corrected chi connectivity index (χ2v) is 4.23. The Hall–Kier alpha value is -0.250. The molecule has 1 fully saturated rings. The minimum absolute atomic E-state index is 0.0825. The molecule has 0 amide bonds. The van der Waals surface area contributed by atoms with Gasteiger partial charge < -0.3 is 5.73 Å². The Bertz CT molecular complexity index is 159. The first-order valence-corrected chi connectivity index (χ1v) is 5.31. The first-order valence-electron chi connectivity index (χ1n) is 5.31. The molecule has 0 bridgehead atoms. The zero-order chi connectivity index (χ0) is 10.6. The van der Waals surface area contributed by atoms with Gasteiger partial charge in [-0.3, -0.25) is 0 Å². The smallest absolute Gasteiger partial charge is 0.327 e. The van der Waals surface area contributed by atoms with Crippen LogP contribution in [0.25, 0.3) is 0 Å². The van der Waals surface area contributed by atoms with Crippen molar-refractivity contribution >= 4 is 0 Å². The molecular formula is C10H18F3N. The zero-order valence-corrected chi connectivity index (χ0v) is 8.32. The summed E-state index contributed by atoms with van der Waals surface area (Å²) in [5, 5.41) is 0. The molecule has 1 rings (SSSR count). The predicted octanol–water partition coefficient (Wildman–Crippen LogP) is 3.24. The van der Waals surface area contributed by atoms with Crippen LogP contribution in [0.1, 0.15) is 44.9 Å². The Morgan fingerprint density at radius 1 is 1.07 bits per heavy atom. The number of rotatable bonds is 2. The van der Waals surface area contributed by atoms with E-state index >= 15 is 0 Å².